The Kier molecular flexibility index (Phi) is 34.5. The largest absolute Gasteiger partial charge is 0.647 e. The highest BCUT2D eigenvalue weighted by molar-refractivity contribution is 7.85. The van der Waals surface area contributed by atoms with Gasteiger partial charge >= 0.3 is 44.1 Å². The van der Waals surface area contributed by atoms with Crippen LogP contribution in [-0.4, -0.2) is 117 Å². The molecule has 0 heterocycles. The van der Waals surface area contributed by atoms with E-state index in [1.807, 2.05) is 36.4 Å². The van der Waals surface area contributed by atoms with Gasteiger partial charge in [-0.05, 0) is 311 Å². The van der Waals surface area contributed by atoms with Gasteiger partial charge < -0.3 is 28.9 Å². The van der Waals surface area contributed by atoms with Crippen LogP contribution in [0.5, 0.6) is 17.2 Å². The molecular formula is C96H138F15O10PS3. The number of rotatable bonds is 48. The van der Waals surface area contributed by atoms with Crippen molar-refractivity contribution in [1.82, 2.24) is 0 Å². The number of phosphoric acid groups is 1. The number of phosphoric ester groups is 1. The molecule has 0 amide bonds. The van der Waals surface area contributed by atoms with Crippen LogP contribution >= 0.6 is 7.82 Å². The van der Waals surface area contributed by atoms with Crippen molar-refractivity contribution in [2.24, 2.45) is 69.5 Å². The molecular weight excluding hydrogens is 1730 g/mol. The van der Waals surface area contributed by atoms with E-state index in [4.69, 9.17) is 13.6 Å². The van der Waals surface area contributed by atoms with E-state index < -0.39 is 115 Å². The molecule has 0 radical (unpaired) electrons. The van der Waals surface area contributed by atoms with Gasteiger partial charge in [0.25, 0.3) is 0 Å². The molecule has 0 saturated heterocycles. The Labute approximate surface area is 739 Å². The lowest BCUT2D eigenvalue weighted by molar-refractivity contribution is -0.284. The van der Waals surface area contributed by atoms with Crippen molar-refractivity contribution in [3.05, 3.63) is 88.0 Å². The molecule has 9 aliphatic carbocycles. The second-order valence-corrected chi connectivity index (χ2v) is 46.8. The highest BCUT2D eigenvalue weighted by atomic mass is 32.2. The molecule has 29 heteroatoms. The summed E-state index contributed by atoms with van der Waals surface area (Å²) >= 11 is 0. The highest BCUT2D eigenvalue weighted by Crippen LogP contribution is 2.67. The Bertz CT molecular complexity index is 3710. The average molecular weight is 1860 g/mol. The Balaban J connectivity index is 0.750. The van der Waals surface area contributed by atoms with E-state index in [9.17, 15) is 93.8 Å². The first-order valence-electron chi connectivity index (χ1n) is 47.6. The lowest BCUT2D eigenvalue weighted by atomic mass is 9.52. The molecule has 3 N–H and O–H groups in total. The fourth-order valence-electron chi connectivity index (χ4n) is 25.4. The average Bonchev–Trinajstić information content (AvgIpc) is 1.65. The van der Waals surface area contributed by atoms with E-state index in [1.165, 1.54) is 16.7 Å². The first kappa shape index (κ1) is 101. The minimum atomic E-state index is -5.63. The third-order valence-corrected chi connectivity index (χ3v) is 38.1. The minimum Gasteiger partial charge on any atom is -0.393 e. The van der Waals surface area contributed by atoms with Gasteiger partial charge in [-0.2, -0.15) is 70.4 Å². The van der Waals surface area contributed by atoms with Gasteiger partial charge in [-0.1, -0.05) is 155 Å². The first-order valence-corrected chi connectivity index (χ1v) is 53.5. The smallest absolute Gasteiger partial charge is 0.393 e. The summed E-state index contributed by atoms with van der Waals surface area (Å²) in [7, 11) is -9.13. The number of hydrogen-bond donors (Lipinski definition) is 3. The summed E-state index contributed by atoms with van der Waals surface area (Å²) in [4.78, 5) is 0. The van der Waals surface area contributed by atoms with Gasteiger partial charge in [-0.15, -0.1) is 0 Å². The molecule has 6 fully saturated rings. The number of aliphatic hydroxyl groups excluding tert-OH is 3. The molecule has 21 atom stereocenters. The molecule has 3 aromatic carbocycles. The van der Waals surface area contributed by atoms with Crippen molar-refractivity contribution in [3.8, 4) is 17.2 Å². The maximum Gasteiger partial charge on any atom is 0.647 e. The van der Waals surface area contributed by atoms with E-state index in [0.29, 0.717) is 72.0 Å². The zero-order chi connectivity index (χ0) is 90.1. The van der Waals surface area contributed by atoms with Gasteiger partial charge in [0.15, 0.2) is 0 Å². The molecule has 0 aliphatic heterocycles. The van der Waals surface area contributed by atoms with Crippen LogP contribution in [0.3, 0.4) is 0 Å². The SMILES string of the molecule is C[C@]12CC[C@@H]3c4ccc(OP(=O)(Oc5ccc6c(c5)C[C@@H](CCCCCCCCCS(=O)CCCC(F)(F)C(F)(F)F)[C@@H]5[C@@H]6CC[C@]6(C)[C@@H](O)CC[C@@H]56)Oc5ccc6c(c5)C[C@@H](CCCCCCCCCS(=O)CCCC(F)(F)C(F)(F)F)[C@@H]5[C@@H]6CC[C@]6(C)[C@@H](O)CC[C@@H]56)cc4C[C@@H](CCCCCCCCCS(=O)CCCC(F)(F)C(F)(F)F)[C@H]3[C@@H]1CC[C@@H]2O. The summed E-state index contributed by atoms with van der Waals surface area (Å²) in [6.07, 6.45) is 10.5. The molecule has 9 aliphatic rings. The van der Waals surface area contributed by atoms with Crippen LogP contribution in [0.25, 0.3) is 0 Å². The third kappa shape index (κ3) is 24.4. The lowest BCUT2D eigenvalue weighted by Crippen LogP contribution is -2.47. The van der Waals surface area contributed by atoms with Gasteiger partial charge in [0.05, 0.1) is 18.3 Å². The lowest BCUT2D eigenvalue weighted by Gasteiger charge is -2.53. The first-order chi connectivity index (χ1) is 59.0. The van der Waals surface area contributed by atoms with Crippen molar-refractivity contribution in [2.75, 3.05) is 34.5 Å². The molecule has 710 valence electrons. The van der Waals surface area contributed by atoms with Crippen molar-refractivity contribution >= 4 is 40.2 Å². The molecule has 0 spiro atoms. The van der Waals surface area contributed by atoms with E-state index in [0.717, 1.165) is 248 Å². The zero-order valence-corrected chi connectivity index (χ0v) is 76.8. The molecule has 6 saturated carbocycles. The molecule has 12 rings (SSSR count). The van der Waals surface area contributed by atoms with Gasteiger partial charge in [0.1, 0.15) is 17.2 Å². The van der Waals surface area contributed by atoms with Gasteiger partial charge in [0, 0.05) is 86.2 Å². The quantitative estimate of drug-likeness (QED) is 0.0282. The number of benzene rings is 3. The Morgan fingerprint density at radius 3 is 0.816 bits per heavy atom. The predicted octanol–water partition coefficient (Wildman–Crippen LogP) is 27.2. The van der Waals surface area contributed by atoms with Crippen LogP contribution in [0.1, 0.15) is 342 Å². The second kappa shape index (κ2) is 42.9. The molecule has 3 unspecified atom stereocenters. The summed E-state index contributed by atoms with van der Waals surface area (Å²) in [6, 6.07) is 18.3. The summed E-state index contributed by atoms with van der Waals surface area (Å²) < 4.78 is 270. The van der Waals surface area contributed by atoms with Crippen molar-refractivity contribution in [1.29, 1.82) is 0 Å². The van der Waals surface area contributed by atoms with Crippen molar-refractivity contribution in [3.63, 3.8) is 0 Å². The zero-order valence-electron chi connectivity index (χ0n) is 73.5. The number of aliphatic hydroxyl groups is 3. The van der Waals surface area contributed by atoms with Gasteiger partial charge in [-0.3, -0.25) is 12.6 Å². The van der Waals surface area contributed by atoms with Crippen molar-refractivity contribution < 1.29 is 112 Å². The molecule has 0 aromatic heterocycles. The number of alkyl halides is 15. The number of halogens is 15. The molecule has 0 bridgehead atoms. The van der Waals surface area contributed by atoms with Crippen LogP contribution < -0.4 is 13.6 Å². The summed E-state index contributed by atoms with van der Waals surface area (Å²) in [5.41, 5.74) is 6.47. The van der Waals surface area contributed by atoms with E-state index in [2.05, 4.69) is 39.0 Å². The second-order valence-electron chi connectivity index (χ2n) is 40.2. The number of hydrogen-bond acceptors (Lipinski definition) is 10. The van der Waals surface area contributed by atoms with E-state index in [1.54, 1.807) is 0 Å². The predicted molar refractivity (Wildman–Crippen MR) is 462 cm³/mol. The normalized spacial score (nSPS) is 30.9. The van der Waals surface area contributed by atoms with Crippen LogP contribution in [0.15, 0.2) is 54.6 Å². The molecule has 3 aromatic rings. The van der Waals surface area contributed by atoms with Crippen LogP contribution in [-0.2, 0) is 56.2 Å². The monoisotopic (exact) mass is 1860 g/mol. The highest BCUT2D eigenvalue weighted by Gasteiger charge is 2.62. The fraction of sp³-hybridized carbons (Fsp3) is 0.812. The van der Waals surface area contributed by atoms with Crippen LogP contribution in [0.2, 0.25) is 0 Å². The van der Waals surface area contributed by atoms with Crippen LogP contribution in [0, 0.1) is 69.5 Å². The molecule has 10 nitrogen and oxygen atoms in total. The van der Waals surface area contributed by atoms with Gasteiger partial charge in [-0.25, -0.2) is 0 Å². The maximum absolute atomic E-state index is 16.6. The summed E-state index contributed by atoms with van der Waals surface area (Å²) in [5.74, 6) is -9.65. The summed E-state index contributed by atoms with van der Waals surface area (Å²) in [5, 5.41) is 34.8. The van der Waals surface area contributed by atoms with E-state index in [-0.39, 0.29) is 105 Å². The third-order valence-electron chi connectivity index (χ3n) is 32.3. The maximum atomic E-state index is 16.6. The van der Waals surface area contributed by atoms with Gasteiger partial charge in [0.2, 0.25) is 0 Å². The van der Waals surface area contributed by atoms with E-state index >= 15 is 4.57 Å². The number of unbranched alkanes of at least 4 members (excludes halogenated alkanes) is 18. The summed E-state index contributed by atoms with van der Waals surface area (Å²) in [6.45, 7) is 6.82. The number of fused-ring (bicyclic) bond motifs is 15. The van der Waals surface area contributed by atoms with Crippen molar-refractivity contribution in [2.45, 2.75) is 382 Å². The fourth-order valence-corrected chi connectivity index (χ4v) is 30.3. The Hall–Kier alpha value is -3.43. The Morgan fingerprint density at radius 1 is 0.336 bits per heavy atom. The Morgan fingerprint density at radius 2 is 0.568 bits per heavy atom. The van der Waals surface area contributed by atoms with Crippen LogP contribution in [0.4, 0.5) is 65.9 Å². The standard InChI is InChI=1S/C96H138F15O10PS3/c1-88-49-43-76-73-34-31-70(61-67(73)58-64(85(76)79(88)37-40-82(88)112)28-19-13-7-4-10-16-22-52-123(116)55-25-46-91(97,98)94(103,104)105)119-122(115,120-71-32-35-74-68(62-71)59-65(86-77(74)44-50-89(2)80(86)38-41-83(89)113)29-20-14-8-5-11-17-23-53-124(117)56-26-47-92(99,100)95(106,107)108)121-72-33-36-75-69(63-72)60-66(87-78(75)45-51-90(3)81(87)39-42-84(90)114)30-21-15-9-6-12-18-24-54-125(118)57-27-48-93(101,102)96(109,110)111/h31-36,61-66,76-87,112-114H,4-30,37-60H2,1-3H3/t64-,65-,66-,76-,77-,78-,79+,80+,81+,82+,83+,84+,85-,86-,87-,88+,89+,90+,122?,123?,124?,125?/m1/s1. The topological polar surface area (TPSA) is 157 Å². The molecule has 125 heavy (non-hydrogen) atoms. The minimum absolute atomic E-state index is 0.196.